The van der Waals surface area contributed by atoms with Gasteiger partial charge >= 0.3 is 6.03 Å². The van der Waals surface area contributed by atoms with Crippen molar-refractivity contribution in [2.45, 2.75) is 12.8 Å². The third kappa shape index (κ3) is 2.59. The minimum Gasteiger partial charge on any atom is -0.490 e. The van der Waals surface area contributed by atoms with Crippen molar-refractivity contribution in [2.75, 3.05) is 38.1 Å². The quantitative estimate of drug-likeness (QED) is 0.862. The maximum Gasteiger partial charge on any atom is 0.317 e. The molecule has 19 heavy (non-hydrogen) atoms. The number of benzene rings is 1. The molecule has 5 nitrogen and oxygen atoms in total. The molecule has 1 aromatic carbocycles. The van der Waals surface area contributed by atoms with Crippen LogP contribution in [0, 0.1) is 0 Å². The monoisotopic (exact) mass is 261 g/mol. The number of fused-ring (bicyclic) bond motifs is 1. The van der Waals surface area contributed by atoms with Gasteiger partial charge in [-0.25, -0.2) is 4.79 Å². The molecule has 0 spiro atoms. The number of ether oxygens (including phenoxy) is 1. The summed E-state index contributed by atoms with van der Waals surface area (Å²) in [6, 6.07) is 6.17. The molecule has 2 aliphatic rings. The molecular weight excluding hydrogens is 242 g/mol. The van der Waals surface area contributed by atoms with Crippen molar-refractivity contribution in [2.24, 2.45) is 0 Å². The van der Waals surface area contributed by atoms with E-state index in [1.165, 1.54) is 12.0 Å². The van der Waals surface area contributed by atoms with Crippen molar-refractivity contribution >= 4 is 11.7 Å². The summed E-state index contributed by atoms with van der Waals surface area (Å²) in [4.78, 5) is 13.2. The number of anilines is 1. The van der Waals surface area contributed by atoms with Crippen LogP contribution < -0.4 is 15.4 Å². The number of nitrogens with zero attached hydrogens (tertiary/aromatic N) is 1. The number of carbonyl (C=O) groups is 1. The van der Waals surface area contributed by atoms with Gasteiger partial charge in [-0.1, -0.05) is 12.1 Å². The largest absolute Gasteiger partial charge is 0.490 e. The van der Waals surface area contributed by atoms with E-state index in [9.17, 15) is 4.79 Å². The van der Waals surface area contributed by atoms with Gasteiger partial charge in [-0.2, -0.15) is 0 Å². The molecule has 0 aromatic heterocycles. The fraction of sp³-hybridized carbons (Fsp3) is 0.500. The van der Waals surface area contributed by atoms with Gasteiger partial charge in [0.25, 0.3) is 0 Å². The molecule has 2 heterocycles. The topological polar surface area (TPSA) is 53.6 Å². The molecule has 2 amide bonds. The van der Waals surface area contributed by atoms with Gasteiger partial charge in [0.1, 0.15) is 12.4 Å². The SMILES string of the molecule is O=C1NCCN1CCOc1cccc2c1NCCC2. The summed E-state index contributed by atoms with van der Waals surface area (Å²) in [5.41, 5.74) is 2.45. The molecule has 0 radical (unpaired) electrons. The standard InChI is InChI=1S/C14H19N3O2/c18-14-16-7-8-17(14)9-10-19-12-5-1-3-11-4-2-6-15-13(11)12/h1,3,5,15H,2,4,6-10H2,(H,16,18). The lowest BCUT2D eigenvalue weighted by molar-refractivity contribution is 0.203. The number of hydrogen-bond donors (Lipinski definition) is 2. The molecule has 3 rings (SSSR count). The van der Waals surface area contributed by atoms with Gasteiger partial charge < -0.3 is 20.3 Å². The van der Waals surface area contributed by atoms with E-state index in [-0.39, 0.29) is 6.03 Å². The molecule has 102 valence electrons. The zero-order valence-electron chi connectivity index (χ0n) is 10.9. The van der Waals surface area contributed by atoms with E-state index in [4.69, 9.17) is 4.74 Å². The molecule has 0 unspecified atom stereocenters. The molecule has 1 aromatic rings. The van der Waals surface area contributed by atoms with Gasteiger partial charge in [-0.3, -0.25) is 0 Å². The normalized spacial score (nSPS) is 17.7. The Balaban J connectivity index is 1.59. The summed E-state index contributed by atoms with van der Waals surface area (Å²) < 4.78 is 5.83. The van der Waals surface area contributed by atoms with E-state index in [1.54, 1.807) is 4.90 Å². The average Bonchev–Trinajstić information content (AvgIpc) is 2.85. The maximum absolute atomic E-state index is 11.4. The van der Waals surface area contributed by atoms with E-state index in [2.05, 4.69) is 16.7 Å². The van der Waals surface area contributed by atoms with Crippen molar-refractivity contribution in [3.63, 3.8) is 0 Å². The van der Waals surface area contributed by atoms with Gasteiger partial charge in [-0.05, 0) is 24.5 Å². The number of rotatable bonds is 4. The number of hydrogen-bond acceptors (Lipinski definition) is 3. The van der Waals surface area contributed by atoms with Crippen LogP contribution in [-0.4, -0.2) is 43.7 Å². The highest BCUT2D eigenvalue weighted by Crippen LogP contribution is 2.31. The first kappa shape index (κ1) is 12.1. The summed E-state index contributed by atoms with van der Waals surface area (Å²) in [6.45, 7) is 3.68. The van der Waals surface area contributed by atoms with Crippen LogP contribution in [0.2, 0.25) is 0 Å². The fourth-order valence-electron chi connectivity index (χ4n) is 2.59. The second-order valence-electron chi connectivity index (χ2n) is 4.89. The number of amides is 2. The predicted octanol–water partition coefficient (Wildman–Crippen LogP) is 1.45. The molecule has 2 N–H and O–H groups in total. The van der Waals surface area contributed by atoms with E-state index in [0.29, 0.717) is 13.2 Å². The zero-order valence-corrected chi connectivity index (χ0v) is 10.9. The molecule has 1 saturated heterocycles. The van der Waals surface area contributed by atoms with Crippen LogP contribution in [0.15, 0.2) is 18.2 Å². The molecule has 0 aliphatic carbocycles. The lowest BCUT2D eigenvalue weighted by Crippen LogP contribution is -2.32. The maximum atomic E-state index is 11.4. The highest BCUT2D eigenvalue weighted by atomic mass is 16.5. The van der Waals surface area contributed by atoms with Crippen LogP contribution in [0.5, 0.6) is 5.75 Å². The lowest BCUT2D eigenvalue weighted by Gasteiger charge is -2.22. The number of aryl methyl sites for hydroxylation is 1. The van der Waals surface area contributed by atoms with Crippen LogP contribution in [-0.2, 0) is 6.42 Å². The zero-order chi connectivity index (χ0) is 13.1. The summed E-state index contributed by atoms with van der Waals surface area (Å²) >= 11 is 0. The van der Waals surface area contributed by atoms with Gasteiger partial charge in [0, 0.05) is 19.6 Å². The van der Waals surface area contributed by atoms with Gasteiger partial charge in [0.15, 0.2) is 0 Å². The first-order valence-electron chi connectivity index (χ1n) is 6.86. The van der Waals surface area contributed by atoms with Crippen LogP contribution in [0.4, 0.5) is 10.5 Å². The van der Waals surface area contributed by atoms with Crippen molar-refractivity contribution in [1.82, 2.24) is 10.2 Å². The van der Waals surface area contributed by atoms with Crippen molar-refractivity contribution in [3.8, 4) is 5.75 Å². The number of para-hydroxylation sites is 1. The van der Waals surface area contributed by atoms with Crippen LogP contribution in [0.1, 0.15) is 12.0 Å². The van der Waals surface area contributed by atoms with Gasteiger partial charge in [0.2, 0.25) is 0 Å². The van der Waals surface area contributed by atoms with Crippen LogP contribution in [0.25, 0.3) is 0 Å². The van der Waals surface area contributed by atoms with E-state index in [1.807, 2.05) is 12.1 Å². The Bertz CT molecular complexity index is 476. The number of urea groups is 1. The minimum absolute atomic E-state index is 0.0109. The predicted molar refractivity (Wildman–Crippen MR) is 73.7 cm³/mol. The minimum atomic E-state index is 0.0109. The smallest absolute Gasteiger partial charge is 0.317 e. The van der Waals surface area contributed by atoms with Crippen molar-refractivity contribution in [3.05, 3.63) is 23.8 Å². The Kier molecular flexibility index (Phi) is 3.44. The molecular formula is C14H19N3O2. The Morgan fingerprint density at radius 2 is 2.21 bits per heavy atom. The summed E-state index contributed by atoms with van der Waals surface area (Å²) in [6.07, 6.45) is 2.28. The molecule has 0 saturated carbocycles. The summed E-state index contributed by atoms with van der Waals surface area (Å²) in [7, 11) is 0. The van der Waals surface area contributed by atoms with Crippen LogP contribution >= 0.6 is 0 Å². The van der Waals surface area contributed by atoms with Crippen molar-refractivity contribution < 1.29 is 9.53 Å². The summed E-state index contributed by atoms with van der Waals surface area (Å²) in [5.74, 6) is 0.900. The molecule has 0 bridgehead atoms. The van der Waals surface area contributed by atoms with Gasteiger partial charge in [-0.15, -0.1) is 0 Å². The first-order valence-corrected chi connectivity index (χ1v) is 6.86. The molecule has 5 heteroatoms. The first-order chi connectivity index (χ1) is 9.34. The van der Waals surface area contributed by atoms with Gasteiger partial charge in [0.05, 0.1) is 12.2 Å². The second kappa shape index (κ2) is 5.38. The number of nitrogens with one attached hydrogen (secondary N) is 2. The number of carbonyl (C=O) groups excluding carboxylic acids is 1. The lowest BCUT2D eigenvalue weighted by atomic mass is 10.0. The van der Waals surface area contributed by atoms with E-state index >= 15 is 0 Å². The van der Waals surface area contributed by atoms with Crippen molar-refractivity contribution in [1.29, 1.82) is 0 Å². The molecule has 1 fully saturated rings. The third-order valence-electron chi connectivity index (χ3n) is 3.60. The Hall–Kier alpha value is -1.91. The van der Waals surface area contributed by atoms with Crippen LogP contribution in [0.3, 0.4) is 0 Å². The summed E-state index contributed by atoms with van der Waals surface area (Å²) in [5, 5.41) is 6.19. The van der Waals surface area contributed by atoms with E-state index in [0.717, 1.165) is 37.5 Å². The third-order valence-corrected chi connectivity index (χ3v) is 3.60. The average molecular weight is 261 g/mol. The Morgan fingerprint density at radius 1 is 1.26 bits per heavy atom. The highest BCUT2D eigenvalue weighted by Gasteiger charge is 2.19. The molecule has 0 atom stereocenters. The Labute approximate surface area is 112 Å². The van der Waals surface area contributed by atoms with E-state index < -0.39 is 0 Å². The highest BCUT2D eigenvalue weighted by molar-refractivity contribution is 5.76. The Morgan fingerprint density at radius 3 is 3.05 bits per heavy atom. The molecule has 2 aliphatic heterocycles. The second-order valence-corrected chi connectivity index (χ2v) is 4.89. The fourth-order valence-corrected chi connectivity index (χ4v) is 2.59.